The summed E-state index contributed by atoms with van der Waals surface area (Å²) in [5.74, 6) is -1.36. The smallest absolute Gasteiger partial charge is 0.315 e. The summed E-state index contributed by atoms with van der Waals surface area (Å²) < 4.78 is 9.64. The molecule has 20 heavy (non-hydrogen) atoms. The van der Waals surface area contributed by atoms with Crippen LogP contribution >= 0.6 is 0 Å². The Morgan fingerprint density at radius 3 is 1.85 bits per heavy atom. The zero-order chi connectivity index (χ0) is 15.6. The van der Waals surface area contributed by atoms with Gasteiger partial charge in [0.05, 0.1) is 19.6 Å². The van der Waals surface area contributed by atoms with Crippen molar-refractivity contribution in [3.05, 3.63) is 0 Å². The van der Waals surface area contributed by atoms with Crippen molar-refractivity contribution in [2.45, 2.75) is 58.9 Å². The first-order valence-corrected chi connectivity index (χ1v) is 7.05. The SMILES string of the molecule is CCOC(=O)CC(=O)NC(CC)(CC)CC(=O)OCC. The molecule has 0 atom stereocenters. The van der Waals surface area contributed by atoms with E-state index in [1.165, 1.54) is 0 Å². The van der Waals surface area contributed by atoms with Gasteiger partial charge < -0.3 is 14.8 Å². The van der Waals surface area contributed by atoms with Gasteiger partial charge in [-0.05, 0) is 26.7 Å². The molecule has 0 rings (SSSR count). The molecule has 0 aliphatic rings. The quantitative estimate of drug-likeness (QED) is 0.514. The van der Waals surface area contributed by atoms with Crippen LogP contribution in [0.1, 0.15) is 53.4 Å². The molecule has 0 saturated heterocycles. The molecule has 0 radical (unpaired) electrons. The molecule has 0 bridgehead atoms. The average Bonchev–Trinajstić information content (AvgIpc) is 2.38. The molecular weight excluding hydrogens is 262 g/mol. The molecule has 0 aromatic rings. The number of carbonyl (C=O) groups is 3. The Kier molecular flexibility index (Phi) is 8.59. The van der Waals surface area contributed by atoms with Crippen molar-refractivity contribution in [3.8, 4) is 0 Å². The minimum Gasteiger partial charge on any atom is -0.466 e. The first kappa shape index (κ1) is 18.4. The lowest BCUT2D eigenvalue weighted by Gasteiger charge is -2.31. The lowest BCUT2D eigenvalue weighted by atomic mass is 9.88. The lowest BCUT2D eigenvalue weighted by molar-refractivity contribution is -0.146. The van der Waals surface area contributed by atoms with E-state index in [2.05, 4.69) is 5.32 Å². The zero-order valence-electron chi connectivity index (χ0n) is 12.8. The number of rotatable bonds is 9. The molecule has 6 nitrogen and oxygen atoms in total. The van der Waals surface area contributed by atoms with Crippen LogP contribution in [0.3, 0.4) is 0 Å². The van der Waals surface area contributed by atoms with Gasteiger partial charge in [-0.1, -0.05) is 13.8 Å². The second-order valence-electron chi connectivity index (χ2n) is 4.50. The number of hydrogen-bond donors (Lipinski definition) is 1. The van der Waals surface area contributed by atoms with Crippen LogP contribution in [0.4, 0.5) is 0 Å². The molecular formula is C14H25NO5. The van der Waals surface area contributed by atoms with Gasteiger partial charge in [0.15, 0.2) is 0 Å². The van der Waals surface area contributed by atoms with E-state index in [4.69, 9.17) is 9.47 Å². The molecule has 0 aromatic carbocycles. The summed E-state index contributed by atoms with van der Waals surface area (Å²) in [5, 5.41) is 2.77. The summed E-state index contributed by atoms with van der Waals surface area (Å²) in [7, 11) is 0. The van der Waals surface area contributed by atoms with Crippen molar-refractivity contribution in [3.63, 3.8) is 0 Å². The Balaban J connectivity index is 4.62. The van der Waals surface area contributed by atoms with Crippen molar-refractivity contribution in [1.29, 1.82) is 0 Å². The topological polar surface area (TPSA) is 81.7 Å². The highest BCUT2D eigenvalue weighted by molar-refractivity contribution is 5.94. The number of ether oxygens (including phenoxy) is 2. The van der Waals surface area contributed by atoms with E-state index in [-0.39, 0.29) is 25.4 Å². The van der Waals surface area contributed by atoms with Gasteiger partial charge in [-0.2, -0.15) is 0 Å². The van der Waals surface area contributed by atoms with Crippen molar-refractivity contribution in [1.82, 2.24) is 5.32 Å². The third-order valence-electron chi connectivity index (χ3n) is 3.16. The number of amides is 1. The first-order chi connectivity index (χ1) is 9.42. The first-order valence-electron chi connectivity index (χ1n) is 7.05. The van der Waals surface area contributed by atoms with Gasteiger partial charge in [-0.15, -0.1) is 0 Å². The Morgan fingerprint density at radius 2 is 1.40 bits per heavy atom. The normalized spacial score (nSPS) is 10.8. The second kappa shape index (κ2) is 9.34. The molecule has 0 aromatic heterocycles. The van der Waals surface area contributed by atoms with E-state index in [1.54, 1.807) is 13.8 Å². The van der Waals surface area contributed by atoms with Gasteiger partial charge in [0.2, 0.25) is 5.91 Å². The van der Waals surface area contributed by atoms with Crippen LogP contribution in [0.15, 0.2) is 0 Å². The maximum absolute atomic E-state index is 11.8. The van der Waals surface area contributed by atoms with Gasteiger partial charge in [-0.25, -0.2) is 0 Å². The fourth-order valence-corrected chi connectivity index (χ4v) is 1.89. The molecule has 1 N–H and O–H groups in total. The fourth-order valence-electron chi connectivity index (χ4n) is 1.89. The largest absolute Gasteiger partial charge is 0.466 e. The third kappa shape index (κ3) is 6.54. The Hall–Kier alpha value is -1.59. The predicted molar refractivity (Wildman–Crippen MR) is 74.0 cm³/mol. The summed E-state index contributed by atoms with van der Waals surface area (Å²) in [4.78, 5) is 34.7. The number of carbonyl (C=O) groups excluding carboxylic acids is 3. The summed E-state index contributed by atoms with van der Waals surface area (Å²) in [6.45, 7) is 7.72. The lowest BCUT2D eigenvalue weighted by Crippen LogP contribution is -2.49. The maximum Gasteiger partial charge on any atom is 0.315 e. The van der Waals surface area contributed by atoms with Crippen LogP contribution in [0, 0.1) is 0 Å². The predicted octanol–water partition coefficient (Wildman–Crippen LogP) is 1.57. The molecule has 0 aliphatic carbocycles. The van der Waals surface area contributed by atoms with Crippen molar-refractivity contribution in [2.24, 2.45) is 0 Å². The van der Waals surface area contributed by atoms with Crippen molar-refractivity contribution in [2.75, 3.05) is 13.2 Å². The van der Waals surface area contributed by atoms with Gasteiger partial charge in [0.1, 0.15) is 6.42 Å². The van der Waals surface area contributed by atoms with E-state index in [0.717, 1.165) is 0 Å². The molecule has 0 unspecified atom stereocenters. The second-order valence-corrected chi connectivity index (χ2v) is 4.50. The van der Waals surface area contributed by atoms with Crippen LogP contribution in [0.5, 0.6) is 0 Å². The summed E-state index contributed by atoms with van der Waals surface area (Å²) in [6, 6.07) is 0. The molecule has 1 amide bonds. The third-order valence-corrected chi connectivity index (χ3v) is 3.16. The molecule has 116 valence electrons. The Morgan fingerprint density at radius 1 is 0.900 bits per heavy atom. The maximum atomic E-state index is 11.8. The van der Waals surface area contributed by atoms with E-state index in [1.807, 2.05) is 13.8 Å². The standard InChI is InChI=1S/C14H25NO5/c1-5-14(6-2,10-13(18)20-8-4)15-11(16)9-12(17)19-7-3/h5-10H2,1-4H3,(H,15,16). The average molecular weight is 287 g/mol. The Bertz CT molecular complexity index is 336. The zero-order valence-corrected chi connectivity index (χ0v) is 12.8. The molecule has 0 aliphatic heterocycles. The summed E-state index contributed by atoms with van der Waals surface area (Å²) in [5.41, 5.74) is -0.671. The highest BCUT2D eigenvalue weighted by Gasteiger charge is 2.32. The number of nitrogens with one attached hydrogen (secondary N) is 1. The molecule has 6 heteroatoms. The van der Waals surface area contributed by atoms with E-state index >= 15 is 0 Å². The van der Waals surface area contributed by atoms with E-state index in [9.17, 15) is 14.4 Å². The highest BCUT2D eigenvalue weighted by Crippen LogP contribution is 2.20. The van der Waals surface area contributed by atoms with Gasteiger partial charge in [0, 0.05) is 5.54 Å². The Labute approximate surface area is 120 Å². The summed E-state index contributed by atoms with van der Waals surface area (Å²) >= 11 is 0. The van der Waals surface area contributed by atoms with Gasteiger partial charge in [0.25, 0.3) is 0 Å². The molecule has 0 saturated carbocycles. The minimum atomic E-state index is -0.671. The fraction of sp³-hybridized carbons (Fsp3) is 0.786. The van der Waals surface area contributed by atoms with Crippen molar-refractivity contribution < 1.29 is 23.9 Å². The minimum absolute atomic E-state index is 0.0996. The van der Waals surface area contributed by atoms with E-state index < -0.39 is 17.4 Å². The van der Waals surface area contributed by atoms with Crippen LogP contribution in [-0.4, -0.2) is 36.6 Å². The highest BCUT2D eigenvalue weighted by atomic mass is 16.5. The monoisotopic (exact) mass is 287 g/mol. The van der Waals surface area contributed by atoms with Gasteiger partial charge >= 0.3 is 11.9 Å². The molecule has 0 heterocycles. The van der Waals surface area contributed by atoms with Crippen molar-refractivity contribution >= 4 is 17.8 Å². The van der Waals surface area contributed by atoms with Gasteiger partial charge in [-0.3, -0.25) is 14.4 Å². The van der Waals surface area contributed by atoms with Crippen LogP contribution in [-0.2, 0) is 23.9 Å². The number of hydrogen-bond acceptors (Lipinski definition) is 5. The van der Waals surface area contributed by atoms with Crippen LogP contribution in [0.2, 0.25) is 0 Å². The molecule has 0 fully saturated rings. The molecule has 0 spiro atoms. The number of esters is 2. The van der Waals surface area contributed by atoms with Crippen LogP contribution < -0.4 is 5.32 Å². The van der Waals surface area contributed by atoms with Crippen LogP contribution in [0.25, 0.3) is 0 Å². The van der Waals surface area contributed by atoms with E-state index in [0.29, 0.717) is 19.4 Å². The summed E-state index contributed by atoms with van der Waals surface area (Å²) in [6.07, 6.45) is 0.925.